The molecule has 0 aliphatic carbocycles. The van der Waals surface area contributed by atoms with Crippen molar-refractivity contribution in [3.63, 3.8) is 0 Å². The fourth-order valence-electron chi connectivity index (χ4n) is 7.37. The first-order chi connectivity index (χ1) is 26.9. The molecule has 14 heteroatoms. The number of ether oxygens (including phenoxy) is 1. The van der Waals surface area contributed by atoms with Crippen molar-refractivity contribution in [2.45, 2.75) is 50.3 Å². The number of amides is 3. The van der Waals surface area contributed by atoms with Crippen molar-refractivity contribution < 1.29 is 19.1 Å². The minimum atomic E-state index is -1.07. The molecule has 278 valence electrons. The highest BCUT2D eigenvalue weighted by molar-refractivity contribution is 5.85. The van der Waals surface area contributed by atoms with E-state index in [4.69, 9.17) is 4.74 Å². The van der Waals surface area contributed by atoms with Crippen LogP contribution < -0.4 is 5.32 Å². The molecule has 6 aromatic rings. The van der Waals surface area contributed by atoms with E-state index in [9.17, 15) is 14.4 Å². The van der Waals surface area contributed by atoms with Crippen LogP contribution in [0.15, 0.2) is 104 Å². The first kappa shape index (κ1) is 35.3. The Labute approximate surface area is 317 Å². The predicted molar refractivity (Wildman–Crippen MR) is 203 cm³/mol. The van der Waals surface area contributed by atoms with Gasteiger partial charge in [-0.1, -0.05) is 60.7 Å². The zero-order valence-electron chi connectivity index (χ0n) is 30.3. The second-order valence-electron chi connectivity index (χ2n) is 13.7. The van der Waals surface area contributed by atoms with Gasteiger partial charge in [-0.15, -0.1) is 0 Å². The van der Waals surface area contributed by atoms with Gasteiger partial charge in [-0.2, -0.15) is 0 Å². The lowest BCUT2D eigenvalue weighted by Gasteiger charge is -2.28. The molecular weight excluding hydrogens is 697 g/mol. The van der Waals surface area contributed by atoms with Crippen LogP contribution in [0.5, 0.6) is 0 Å². The van der Waals surface area contributed by atoms with Crippen LogP contribution in [-0.2, 0) is 20.7 Å². The Morgan fingerprint density at radius 3 is 2.04 bits per heavy atom. The van der Waals surface area contributed by atoms with Gasteiger partial charge in [0, 0.05) is 61.6 Å². The van der Waals surface area contributed by atoms with Gasteiger partial charge in [0.15, 0.2) is 5.82 Å². The zero-order valence-corrected chi connectivity index (χ0v) is 30.3. The van der Waals surface area contributed by atoms with Gasteiger partial charge in [0.05, 0.1) is 42.3 Å². The third-order valence-electron chi connectivity index (χ3n) is 10.2. The summed E-state index contributed by atoms with van der Waals surface area (Å²) < 4.78 is 5.54. The van der Waals surface area contributed by atoms with E-state index in [1.54, 1.807) is 54.2 Å². The molecule has 4 aromatic heterocycles. The third kappa shape index (κ3) is 7.56. The van der Waals surface area contributed by atoms with Crippen LogP contribution in [0.1, 0.15) is 66.6 Å². The van der Waals surface area contributed by atoms with Crippen LogP contribution in [-0.4, -0.2) is 82.7 Å². The van der Waals surface area contributed by atoms with Gasteiger partial charge < -0.3 is 29.8 Å². The number of benzene rings is 2. The van der Waals surface area contributed by atoms with Crippen LogP contribution in [0.3, 0.4) is 0 Å². The summed E-state index contributed by atoms with van der Waals surface area (Å²) in [4.78, 5) is 72.3. The molecule has 2 aromatic carbocycles. The quantitative estimate of drug-likeness (QED) is 0.153. The van der Waals surface area contributed by atoms with E-state index in [1.165, 1.54) is 7.05 Å². The zero-order chi connectivity index (χ0) is 37.7. The Morgan fingerprint density at radius 1 is 0.745 bits per heavy atom. The van der Waals surface area contributed by atoms with Crippen LogP contribution in [0.25, 0.3) is 33.9 Å². The number of nitrogens with zero attached hydrogens (tertiary/aromatic N) is 7. The number of pyridine rings is 1. The fraction of sp³-hybridized carbons (Fsp3) is 0.268. The minimum Gasteiger partial charge on any atom is -0.431 e. The summed E-state index contributed by atoms with van der Waals surface area (Å²) in [6.45, 7) is 1.23. The number of H-pyrrole nitrogens is 2. The Balaban J connectivity index is 0.921. The number of hydrogen-bond acceptors (Lipinski definition) is 9. The number of carbonyl (C=O) groups is 3. The number of aromatic amines is 2. The van der Waals surface area contributed by atoms with Crippen LogP contribution in [0.2, 0.25) is 0 Å². The van der Waals surface area contributed by atoms with Crippen molar-refractivity contribution in [3.05, 3.63) is 127 Å². The van der Waals surface area contributed by atoms with E-state index in [0.29, 0.717) is 36.7 Å². The van der Waals surface area contributed by atoms with Crippen molar-refractivity contribution >= 4 is 17.9 Å². The molecule has 0 saturated carbocycles. The van der Waals surface area contributed by atoms with Gasteiger partial charge in [-0.3, -0.25) is 14.6 Å². The van der Waals surface area contributed by atoms with E-state index >= 15 is 0 Å². The largest absolute Gasteiger partial charge is 0.431 e. The van der Waals surface area contributed by atoms with E-state index < -0.39 is 12.2 Å². The Hall–Kier alpha value is -6.70. The summed E-state index contributed by atoms with van der Waals surface area (Å²) in [6.07, 6.45) is 12.4. The summed E-state index contributed by atoms with van der Waals surface area (Å²) in [6, 6.07) is 20.3. The number of carbonyl (C=O) groups excluding carboxylic acids is 3. The first-order valence-corrected chi connectivity index (χ1v) is 18.4. The summed E-state index contributed by atoms with van der Waals surface area (Å²) in [7, 11) is 1.47. The van der Waals surface area contributed by atoms with Gasteiger partial charge >= 0.3 is 6.09 Å². The van der Waals surface area contributed by atoms with Gasteiger partial charge in [-0.25, -0.2) is 24.7 Å². The van der Waals surface area contributed by atoms with E-state index in [0.717, 1.165) is 65.1 Å². The molecule has 0 radical (unpaired) electrons. The maximum absolute atomic E-state index is 13.8. The van der Waals surface area contributed by atoms with Crippen LogP contribution in [0.4, 0.5) is 4.79 Å². The van der Waals surface area contributed by atoms with Crippen molar-refractivity contribution in [2.24, 2.45) is 0 Å². The number of aromatic nitrogens is 7. The summed E-state index contributed by atoms with van der Waals surface area (Å²) in [5.74, 6) is 1.79. The highest BCUT2D eigenvalue weighted by Gasteiger charge is 2.38. The average Bonchev–Trinajstić information content (AvgIpc) is 4.08. The van der Waals surface area contributed by atoms with Gasteiger partial charge in [-0.05, 0) is 42.9 Å². The topological polar surface area (TPSA) is 175 Å². The number of alkyl carbamates (subject to hydrolysis) is 1. The molecule has 2 aliphatic rings. The van der Waals surface area contributed by atoms with Gasteiger partial charge in [0.2, 0.25) is 12.0 Å². The number of imidazole rings is 2. The molecule has 3 atom stereocenters. The van der Waals surface area contributed by atoms with Crippen molar-refractivity contribution in [3.8, 4) is 33.9 Å². The molecule has 55 heavy (non-hydrogen) atoms. The van der Waals surface area contributed by atoms with E-state index in [1.807, 2.05) is 59.5 Å². The molecular formula is C41H40N10O4. The summed E-state index contributed by atoms with van der Waals surface area (Å²) in [5, 5.41) is 2.44. The minimum absolute atomic E-state index is 0.0655. The average molecular weight is 737 g/mol. The third-order valence-corrected chi connectivity index (χ3v) is 10.2. The molecule has 3 N–H and O–H groups in total. The molecule has 2 saturated heterocycles. The Kier molecular flexibility index (Phi) is 10.1. The second kappa shape index (κ2) is 15.7. The lowest BCUT2D eigenvalue weighted by molar-refractivity contribution is -0.142. The molecule has 14 nitrogen and oxygen atoms in total. The lowest BCUT2D eigenvalue weighted by atomic mass is 10.1. The number of hydrogen-bond donors (Lipinski definition) is 3. The molecule has 6 heterocycles. The molecule has 0 bridgehead atoms. The molecule has 0 unspecified atom stereocenters. The Bertz CT molecular complexity index is 2260. The fourth-order valence-corrected chi connectivity index (χ4v) is 7.37. The Morgan fingerprint density at radius 2 is 1.38 bits per heavy atom. The highest BCUT2D eigenvalue weighted by Crippen LogP contribution is 2.36. The summed E-state index contributed by atoms with van der Waals surface area (Å²) >= 11 is 0. The van der Waals surface area contributed by atoms with Gasteiger partial charge in [0.1, 0.15) is 11.6 Å². The lowest BCUT2D eigenvalue weighted by Crippen LogP contribution is -2.38. The van der Waals surface area contributed by atoms with E-state index in [-0.39, 0.29) is 23.9 Å². The maximum Gasteiger partial charge on any atom is 0.408 e. The van der Waals surface area contributed by atoms with Crippen molar-refractivity contribution in [1.82, 2.24) is 50.0 Å². The number of nitrogens with one attached hydrogen (secondary N) is 3. The molecule has 2 aliphatic heterocycles. The molecule has 3 amide bonds. The monoisotopic (exact) mass is 736 g/mol. The normalized spacial score (nSPS) is 17.3. The SMILES string of the molecule is CNC(=O)O[C@@H](C(=O)N1CCC[C@H]1c1ncc(-c2ccc(-c3ncc(-c4cnc([C@@H]5CCCN5C(=O)Cc5cccnc5)[nH]4)cn3)cc2)[nH]1)c1ccccc1. The summed E-state index contributed by atoms with van der Waals surface area (Å²) in [5.41, 5.74) is 5.67. The highest BCUT2D eigenvalue weighted by atomic mass is 16.6. The molecule has 8 rings (SSSR count). The maximum atomic E-state index is 13.8. The van der Waals surface area contributed by atoms with Crippen LogP contribution >= 0.6 is 0 Å². The van der Waals surface area contributed by atoms with Crippen molar-refractivity contribution in [2.75, 3.05) is 20.1 Å². The van der Waals surface area contributed by atoms with Crippen molar-refractivity contribution in [1.29, 1.82) is 0 Å². The number of rotatable bonds is 10. The molecule has 0 spiro atoms. The first-order valence-electron chi connectivity index (χ1n) is 18.4. The second-order valence-corrected chi connectivity index (χ2v) is 13.7. The number of likely N-dealkylation sites (tertiary alicyclic amines) is 2. The predicted octanol–water partition coefficient (Wildman–Crippen LogP) is 5.99. The molecule has 2 fully saturated rings. The van der Waals surface area contributed by atoms with Gasteiger partial charge in [0.25, 0.3) is 5.91 Å². The van der Waals surface area contributed by atoms with E-state index in [2.05, 4.69) is 40.2 Å². The van der Waals surface area contributed by atoms with Crippen LogP contribution in [0, 0.1) is 0 Å². The smallest absolute Gasteiger partial charge is 0.408 e. The standard InChI is InChI=1S/C41H40N10O4/c1-42-41(54)55-36(28-9-3-2-4-10-28)40(53)51-19-7-12-34(51)39-46-24-31(48-39)27-13-15-29(16-14-27)37-44-22-30(23-45-37)32-25-47-38(49-32)33-11-6-18-50(33)35(52)20-26-8-5-17-43-21-26/h2-5,8-10,13-17,21-25,33-34,36H,6-7,11-12,18-20H2,1H3,(H,42,54)(H,46,48)(H,47,49)/t33-,34-,36+/m0/s1.